The highest BCUT2D eigenvalue weighted by atomic mass is 19.3. The molecule has 2 N–H and O–H groups in total. The van der Waals surface area contributed by atoms with E-state index < -0.39 is 12.5 Å². The zero-order valence-corrected chi connectivity index (χ0v) is 6.99. The van der Waals surface area contributed by atoms with Gasteiger partial charge in [-0.15, -0.1) is 0 Å². The topological polar surface area (TPSA) is 36.0 Å². The summed E-state index contributed by atoms with van der Waals surface area (Å²) in [5, 5.41) is 8.42. The van der Waals surface area contributed by atoms with Crippen molar-refractivity contribution in [2.45, 2.75) is 19.8 Å². The minimum absolute atomic E-state index is 0.123. The fourth-order valence-electron chi connectivity index (χ4n) is 1.19. The summed E-state index contributed by atoms with van der Waals surface area (Å²) in [5.41, 5.74) is 0.963. The molecule has 0 unspecified atom stereocenters. The number of aromatic amines is 1. The number of alkyl halides is 2. The molecular formula is C8H11F2NO. The smallest absolute Gasteiger partial charge is 0.297 e. The van der Waals surface area contributed by atoms with Gasteiger partial charge in [0.2, 0.25) is 0 Å². The second-order valence-corrected chi connectivity index (χ2v) is 2.85. The van der Waals surface area contributed by atoms with E-state index in [2.05, 4.69) is 4.98 Å². The van der Waals surface area contributed by atoms with Gasteiger partial charge in [0.25, 0.3) is 5.92 Å². The Morgan fingerprint density at radius 1 is 1.50 bits per heavy atom. The predicted molar refractivity (Wildman–Crippen MR) is 41.2 cm³/mol. The Hall–Kier alpha value is -0.900. The van der Waals surface area contributed by atoms with E-state index >= 15 is 0 Å². The summed E-state index contributed by atoms with van der Waals surface area (Å²) in [6, 6.07) is 1.35. The molecule has 0 aliphatic rings. The lowest BCUT2D eigenvalue weighted by Gasteiger charge is -2.11. The number of aryl methyl sites for hydroxylation is 2. The van der Waals surface area contributed by atoms with Gasteiger partial charge in [0.1, 0.15) is 6.61 Å². The molecule has 0 spiro atoms. The standard InChI is InChI=1S/C8H11F2NO/c1-5-3-7(6(2)11-5)8(9,10)4-12/h3,11-12H,4H2,1-2H3. The molecule has 0 bridgehead atoms. The highest BCUT2D eigenvalue weighted by Gasteiger charge is 2.33. The Morgan fingerprint density at radius 2 is 2.08 bits per heavy atom. The van der Waals surface area contributed by atoms with Gasteiger partial charge in [-0.05, 0) is 19.9 Å². The lowest BCUT2D eigenvalue weighted by Crippen LogP contribution is -2.18. The van der Waals surface area contributed by atoms with Crippen LogP contribution in [-0.2, 0) is 5.92 Å². The number of nitrogens with one attached hydrogen (secondary N) is 1. The zero-order valence-electron chi connectivity index (χ0n) is 6.99. The molecule has 1 rings (SSSR count). The average Bonchev–Trinajstić information content (AvgIpc) is 2.31. The van der Waals surface area contributed by atoms with E-state index in [4.69, 9.17) is 5.11 Å². The van der Waals surface area contributed by atoms with Crippen LogP contribution in [0, 0.1) is 13.8 Å². The number of halogens is 2. The van der Waals surface area contributed by atoms with Crippen LogP contribution < -0.4 is 0 Å². The minimum Gasteiger partial charge on any atom is -0.390 e. The second kappa shape index (κ2) is 2.86. The fourth-order valence-corrected chi connectivity index (χ4v) is 1.19. The number of hydrogen-bond donors (Lipinski definition) is 2. The van der Waals surface area contributed by atoms with Gasteiger partial charge in [-0.3, -0.25) is 0 Å². The van der Waals surface area contributed by atoms with Crippen LogP contribution in [0.4, 0.5) is 8.78 Å². The summed E-state index contributed by atoms with van der Waals surface area (Å²) in [6.45, 7) is 2.11. The zero-order chi connectivity index (χ0) is 9.35. The Bertz CT molecular complexity index is 281. The number of aromatic nitrogens is 1. The first-order valence-electron chi connectivity index (χ1n) is 3.63. The third-order valence-corrected chi connectivity index (χ3v) is 1.74. The molecule has 1 aromatic heterocycles. The molecule has 0 aliphatic heterocycles. The molecule has 1 heterocycles. The van der Waals surface area contributed by atoms with Gasteiger partial charge in [0.15, 0.2) is 0 Å². The summed E-state index contributed by atoms with van der Waals surface area (Å²) >= 11 is 0. The first-order chi connectivity index (χ1) is 5.47. The highest BCUT2D eigenvalue weighted by molar-refractivity contribution is 5.28. The molecule has 0 saturated carbocycles. The maximum Gasteiger partial charge on any atom is 0.297 e. The van der Waals surface area contributed by atoms with E-state index in [0.717, 1.165) is 0 Å². The first kappa shape index (κ1) is 9.19. The molecule has 0 atom stereocenters. The van der Waals surface area contributed by atoms with Gasteiger partial charge in [-0.25, -0.2) is 0 Å². The summed E-state index contributed by atoms with van der Waals surface area (Å²) < 4.78 is 25.8. The maximum absolute atomic E-state index is 12.9. The van der Waals surface area contributed by atoms with Crippen molar-refractivity contribution >= 4 is 0 Å². The predicted octanol–water partition coefficient (Wildman–Crippen LogP) is 1.72. The summed E-state index contributed by atoms with van der Waals surface area (Å²) in [4.78, 5) is 2.76. The lowest BCUT2D eigenvalue weighted by atomic mass is 10.1. The number of rotatable bonds is 2. The number of aliphatic hydroxyl groups excluding tert-OH is 1. The van der Waals surface area contributed by atoms with Crippen molar-refractivity contribution in [1.29, 1.82) is 0 Å². The van der Waals surface area contributed by atoms with Crippen molar-refractivity contribution in [3.8, 4) is 0 Å². The first-order valence-corrected chi connectivity index (χ1v) is 3.63. The molecule has 0 radical (unpaired) electrons. The van der Waals surface area contributed by atoms with Crippen molar-refractivity contribution in [2.75, 3.05) is 6.61 Å². The molecule has 12 heavy (non-hydrogen) atoms. The van der Waals surface area contributed by atoms with Crippen LogP contribution in [0.15, 0.2) is 6.07 Å². The van der Waals surface area contributed by atoms with E-state index in [1.807, 2.05) is 0 Å². The SMILES string of the molecule is Cc1cc(C(F)(F)CO)c(C)[nH]1. The quantitative estimate of drug-likeness (QED) is 0.705. The van der Waals surface area contributed by atoms with Crippen LogP contribution in [-0.4, -0.2) is 16.7 Å². The summed E-state index contributed by atoms with van der Waals surface area (Å²) in [7, 11) is 0. The van der Waals surface area contributed by atoms with Crippen molar-refractivity contribution < 1.29 is 13.9 Å². The second-order valence-electron chi connectivity index (χ2n) is 2.85. The number of hydrogen-bond acceptors (Lipinski definition) is 1. The van der Waals surface area contributed by atoms with Gasteiger partial charge in [-0.1, -0.05) is 0 Å². The van der Waals surface area contributed by atoms with Crippen molar-refractivity contribution in [2.24, 2.45) is 0 Å². The van der Waals surface area contributed by atoms with Gasteiger partial charge >= 0.3 is 0 Å². The molecular weight excluding hydrogens is 164 g/mol. The minimum atomic E-state index is -3.13. The van der Waals surface area contributed by atoms with Crippen LogP contribution >= 0.6 is 0 Å². The van der Waals surface area contributed by atoms with Crippen molar-refractivity contribution in [1.82, 2.24) is 4.98 Å². The number of aliphatic hydroxyl groups is 1. The summed E-state index contributed by atoms with van der Waals surface area (Å²) in [6.07, 6.45) is 0. The van der Waals surface area contributed by atoms with E-state index in [-0.39, 0.29) is 5.56 Å². The Labute approximate surface area is 69.2 Å². The molecule has 0 fully saturated rings. The van der Waals surface area contributed by atoms with Gasteiger partial charge in [0.05, 0.1) is 0 Å². The molecule has 0 aliphatic carbocycles. The van der Waals surface area contributed by atoms with E-state index in [0.29, 0.717) is 11.4 Å². The highest BCUT2D eigenvalue weighted by Crippen LogP contribution is 2.30. The van der Waals surface area contributed by atoms with Crippen LogP contribution in [0.5, 0.6) is 0 Å². The van der Waals surface area contributed by atoms with Crippen molar-refractivity contribution in [3.63, 3.8) is 0 Å². The average molecular weight is 175 g/mol. The molecule has 68 valence electrons. The Balaban J connectivity index is 3.09. The van der Waals surface area contributed by atoms with E-state index in [1.54, 1.807) is 13.8 Å². The normalized spacial score (nSPS) is 12.1. The Kier molecular flexibility index (Phi) is 2.19. The van der Waals surface area contributed by atoms with Crippen LogP contribution in [0.2, 0.25) is 0 Å². The van der Waals surface area contributed by atoms with Gasteiger partial charge in [-0.2, -0.15) is 8.78 Å². The molecule has 2 nitrogen and oxygen atoms in total. The third kappa shape index (κ3) is 1.48. The third-order valence-electron chi connectivity index (χ3n) is 1.74. The van der Waals surface area contributed by atoms with Crippen LogP contribution in [0.3, 0.4) is 0 Å². The lowest BCUT2D eigenvalue weighted by molar-refractivity contribution is -0.0560. The molecule has 0 aromatic carbocycles. The fraction of sp³-hybridized carbons (Fsp3) is 0.500. The van der Waals surface area contributed by atoms with Crippen molar-refractivity contribution in [3.05, 3.63) is 23.0 Å². The van der Waals surface area contributed by atoms with Gasteiger partial charge in [0, 0.05) is 17.0 Å². The van der Waals surface area contributed by atoms with Crippen LogP contribution in [0.25, 0.3) is 0 Å². The molecule has 0 amide bonds. The van der Waals surface area contributed by atoms with E-state index in [9.17, 15) is 8.78 Å². The molecule has 4 heteroatoms. The van der Waals surface area contributed by atoms with Gasteiger partial charge < -0.3 is 10.1 Å². The van der Waals surface area contributed by atoms with E-state index in [1.165, 1.54) is 6.07 Å². The maximum atomic E-state index is 12.9. The number of H-pyrrole nitrogens is 1. The molecule has 0 saturated heterocycles. The molecule has 1 aromatic rings. The van der Waals surface area contributed by atoms with Crippen LogP contribution in [0.1, 0.15) is 17.0 Å². The monoisotopic (exact) mass is 175 g/mol. The largest absolute Gasteiger partial charge is 0.390 e. The Morgan fingerprint density at radius 3 is 2.42 bits per heavy atom. The summed E-state index contributed by atoms with van der Waals surface area (Å²) in [5.74, 6) is -3.13.